The van der Waals surface area contributed by atoms with Gasteiger partial charge in [0.2, 0.25) is 0 Å². The summed E-state index contributed by atoms with van der Waals surface area (Å²) in [7, 11) is 3.82. The van der Waals surface area contributed by atoms with Crippen LogP contribution in [0.25, 0.3) is 4.91 Å². The van der Waals surface area contributed by atoms with E-state index in [2.05, 4.69) is 45.5 Å². The first-order valence-electron chi connectivity index (χ1n) is 6.31. The lowest BCUT2D eigenvalue weighted by molar-refractivity contribution is 0.335. The molecule has 0 radical (unpaired) electrons. The van der Waals surface area contributed by atoms with Gasteiger partial charge in [-0.1, -0.05) is 21.6 Å². The molecule has 106 valence electrons. The van der Waals surface area contributed by atoms with Crippen LogP contribution >= 0.6 is 34.2 Å². The molecule has 0 amide bonds. The quantitative estimate of drug-likeness (QED) is 0.593. The number of hydrogen-bond acceptors (Lipinski definition) is 4. The van der Waals surface area contributed by atoms with Crippen molar-refractivity contribution in [2.75, 3.05) is 18.6 Å². The maximum absolute atomic E-state index is 5.68. The van der Waals surface area contributed by atoms with Crippen LogP contribution in [0.1, 0.15) is 30.5 Å². The SMILES string of the molecule is CCOc1c(C)cc(C2=C(C)CSS2)cc1C.CS. The molecule has 2 rings (SSSR count). The molecule has 0 aromatic heterocycles. The third kappa shape index (κ3) is 4.14. The molecule has 1 heterocycles. The Balaban J connectivity index is 0.000000861. The van der Waals surface area contributed by atoms with Crippen molar-refractivity contribution in [3.8, 4) is 5.75 Å². The van der Waals surface area contributed by atoms with E-state index >= 15 is 0 Å². The topological polar surface area (TPSA) is 9.23 Å². The first-order valence-corrected chi connectivity index (χ1v) is 9.53. The van der Waals surface area contributed by atoms with Gasteiger partial charge in [-0.25, -0.2) is 0 Å². The highest BCUT2D eigenvalue weighted by Crippen LogP contribution is 2.47. The molecule has 0 atom stereocenters. The van der Waals surface area contributed by atoms with Gasteiger partial charge in [-0.15, -0.1) is 0 Å². The summed E-state index contributed by atoms with van der Waals surface area (Å²) < 4.78 is 5.68. The Morgan fingerprint density at radius 1 is 1.16 bits per heavy atom. The highest BCUT2D eigenvalue weighted by molar-refractivity contribution is 8.80. The second-order valence-corrected chi connectivity index (χ2v) is 6.63. The molecule has 0 bridgehead atoms. The van der Waals surface area contributed by atoms with Crippen LogP contribution in [0.3, 0.4) is 0 Å². The Morgan fingerprint density at radius 3 is 2.16 bits per heavy atom. The molecule has 19 heavy (non-hydrogen) atoms. The third-order valence-corrected chi connectivity index (χ3v) is 5.44. The fraction of sp³-hybridized carbons (Fsp3) is 0.467. The molecular formula is C15H22OS3. The van der Waals surface area contributed by atoms with Gasteiger partial charge in [-0.05, 0) is 68.3 Å². The van der Waals surface area contributed by atoms with Gasteiger partial charge in [0, 0.05) is 10.7 Å². The maximum atomic E-state index is 5.68. The molecule has 1 aliphatic rings. The number of thiol groups is 1. The molecule has 1 nitrogen and oxygen atoms in total. The van der Waals surface area contributed by atoms with E-state index in [4.69, 9.17) is 4.74 Å². The minimum Gasteiger partial charge on any atom is -0.493 e. The average molecular weight is 315 g/mol. The lowest BCUT2D eigenvalue weighted by atomic mass is 10.0. The summed E-state index contributed by atoms with van der Waals surface area (Å²) in [6, 6.07) is 4.49. The number of hydrogen-bond donors (Lipinski definition) is 1. The zero-order valence-corrected chi connectivity index (χ0v) is 14.8. The second-order valence-electron chi connectivity index (χ2n) is 4.33. The minimum atomic E-state index is 0.730. The van der Waals surface area contributed by atoms with Crippen LogP contribution < -0.4 is 4.74 Å². The van der Waals surface area contributed by atoms with E-state index in [9.17, 15) is 0 Å². The molecule has 0 unspecified atom stereocenters. The zero-order chi connectivity index (χ0) is 14.4. The number of aryl methyl sites for hydroxylation is 2. The molecule has 1 aromatic rings. The first kappa shape index (κ1) is 16.9. The molecule has 0 N–H and O–H groups in total. The summed E-state index contributed by atoms with van der Waals surface area (Å²) >= 11 is 3.53. The number of benzene rings is 1. The Kier molecular flexibility index (Phi) is 7.26. The molecule has 0 aliphatic carbocycles. The lowest BCUT2D eigenvalue weighted by Crippen LogP contribution is -1.98. The van der Waals surface area contributed by atoms with Crippen LogP contribution in [0.2, 0.25) is 0 Å². The van der Waals surface area contributed by atoms with E-state index in [1.165, 1.54) is 27.2 Å². The summed E-state index contributed by atoms with van der Waals surface area (Å²) in [5.74, 6) is 2.19. The first-order chi connectivity index (χ1) is 9.13. The fourth-order valence-electron chi connectivity index (χ4n) is 2.06. The highest BCUT2D eigenvalue weighted by atomic mass is 33.1. The van der Waals surface area contributed by atoms with Crippen molar-refractivity contribution >= 4 is 39.1 Å². The van der Waals surface area contributed by atoms with Crippen LogP contribution in [-0.4, -0.2) is 18.6 Å². The Labute approximate surface area is 130 Å². The molecule has 0 fully saturated rings. The largest absolute Gasteiger partial charge is 0.493 e. The van der Waals surface area contributed by atoms with Crippen LogP contribution in [0.5, 0.6) is 5.75 Å². The molecule has 0 saturated carbocycles. The molecular weight excluding hydrogens is 292 g/mol. The molecule has 1 aliphatic heterocycles. The van der Waals surface area contributed by atoms with E-state index in [1.807, 2.05) is 28.5 Å². The Hall–Kier alpha value is -0.190. The zero-order valence-electron chi connectivity index (χ0n) is 12.2. The average Bonchev–Trinajstić information content (AvgIpc) is 2.82. The number of rotatable bonds is 3. The fourth-order valence-corrected chi connectivity index (χ4v) is 4.86. The van der Waals surface area contributed by atoms with Crippen molar-refractivity contribution in [3.05, 3.63) is 34.4 Å². The molecule has 4 heteroatoms. The van der Waals surface area contributed by atoms with Crippen molar-refractivity contribution in [1.29, 1.82) is 0 Å². The summed E-state index contributed by atoms with van der Waals surface area (Å²) in [6.45, 7) is 9.24. The van der Waals surface area contributed by atoms with Gasteiger partial charge < -0.3 is 4.74 Å². The van der Waals surface area contributed by atoms with Gasteiger partial charge in [-0.2, -0.15) is 12.6 Å². The minimum absolute atomic E-state index is 0.730. The van der Waals surface area contributed by atoms with Crippen LogP contribution in [0.15, 0.2) is 17.7 Å². The van der Waals surface area contributed by atoms with Gasteiger partial charge in [0.15, 0.2) is 0 Å². The van der Waals surface area contributed by atoms with Gasteiger partial charge in [-0.3, -0.25) is 0 Å². The van der Waals surface area contributed by atoms with Gasteiger partial charge in [0.25, 0.3) is 0 Å². The van der Waals surface area contributed by atoms with Crippen LogP contribution in [-0.2, 0) is 0 Å². The summed E-state index contributed by atoms with van der Waals surface area (Å²) in [6.07, 6.45) is 1.69. The van der Waals surface area contributed by atoms with E-state index in [1.54, 1.807) is 6.26 Å². The summed E-state index contributed by atoms with van der Waals surface area (Å²) in [5.41, 5.74) is 5.30. The smallest absolute Gasteiger partial charge is 0.125 e. The van der Waals surface area contributed by atoms with E-state index in [-0.39, 0.29) is 0 Å². The summed E-state index contributed by atoms with van der Waals surface area (Å²) in [5, 5.41) is 0. The second kappa shape index (κ2) is 8.18. The van der Waals surface area contributed by atoms with E-state index in [0.717, 1.165) is 18.1 Å². The van der Waals surface area contributed by atoms with Crippen molar-refractivity contribution in [3.63, 3.8) is 0 Å². The molecule has 1 aromatic carbocycles. The molecule has 0 saturated heterocycles. The number of ether oxygens (including phenoxy) is 1. The van der Waals surface area contributed by atoms with Crippen molar-refractivity contribution in [1.82, 2.24) is 0 Å². The normalized spacial score (nSPS) is 14.2. The van der Waals surface area contributed by atoms with Gasteiger partial charge >= 0.3 is 0 Å². The Bertz CT molecular complexity index is 443. The molecule has 0 spiro atoms. The van der Waals surface area contributed by atoms with Crippen LogP contribution in [0, 0.1) is 13.8 Å². The van der Waals surface area contributed by atoms with Crippen molar-refractivity contribution in [2.24, 2.45) is 0 Å². The van der Waals surface area contributed by atoms with Crippen molar-refractivity contribution in [2.45, 2.75) is 27.7 Å². The predicted molar refractivity (Wildman–Crippen MR) is 94.6 cm³/mol. The van der Waals surface area contributed by atoms with Crippen LogP contribution in [0.4, 0.5) is 0 Å². The monoisotopic (exact) mass is 314 g/mol. The third-order valence-electron chi connectivity index (χ3n) is 2.82. The lowest BCUT2D eigenvalue weighted by Gasteiger charge is -2.13. The maximum Gasteiger partial charge on any atom is 0.125 e. The standard InChI is InChI=1S/C14H18OS2.CH4S/c1-5-15-13-9(2)6-12(7-10(13)3)14-11(4)8-16-17-14;1-2/h6-7H,5,8H2,1-4H3;2H,1H3. The van der Waals surface area contributed by atoms with Gasteiger partial charge in [0.05, 0.1) is 6.61 Å². The van der Waals surface area contributed by atoms with E-state index in [0.29, 0.717) is 0 Å². The highest BCUT2D eigenvalue weighted by Gasteiger charge is 2.16. The van der Waals surface area contributed by atoms with Crippen molar-refractivity contribution < 1.29 is 4.74 Å². The summed E-state index contributed by atoms with van der Waals surface area (Å²) in [4.78, 5) is 1.43. The van der Waals surface area contributed by atoms with E-state index < -0.39 is 0 Å². The Morgan fingerprint density at radius 2 is 1.74 bits per heavy atom. The predicted octanol–water partition coefficient (Wildman–Crippen LogP) is 5.37. The van der Waals surface area contributed by atoms with Gasteiger partial charge in [0.1, 0.15) is 5.75 Å².